The van der Waals surface area contributed by atoms with Gasteiger partial charge in [-0.1, -0.05) is 25.1 Å². The highest BCUT2D eigenvalue weighted by molar-refractivity contribution is 6.09. The Morgan fingerprint density at radius 1 is 1.24 bits per heavy atom. The van der Waals surface area contributed by atoms with E-state index in [0.29, 0.717) is 25.3 Å². The molecule has 0 atom stereocenters. The van der Waals surface area contributed by atoms with E-state index in [-0.39, 0.29) is 18.4 Å². The molecule has 1 saturated carbocycles. The zero-order valence-electron chi connectivity index (χ0n) is 17.4. The van der Waals surface area contributed by atoms with Crippen molar-refractivity contribution < 1.29 is 14.4 Å². The van der Waals surface area contributed by atoms with E-state index in [4.69, 9.17) is 0 Å². The topological polar surface area (TPSA) is 81.8 Å². The van der Waals surface area contributed by atoms with Crippen LogP contribution in [-0.4, -0.2) is 54.5 Å². The number of carbonyl (C=O) groups is 3. The number of nitrogens with one attached hydrogen (secondary N) is 2. The Kier molecular flexibility index (Phi) is 6.77. The van der Waals surface area contributed by atoms with Crippen molar-refractivity contribution in [3.05, 3.63) is 30.3 Å². The molecule has 1 aliphatic carbocycles. The molecule has 4 amide bonds. The van der Waals surface area contributed by atoms with E-state index in [9.17, 15) is 14.4 Å². The predicted octanol–water partition coefficient (Wildman–Crippen LogP) is 2.52. The maximum Gasteiger partial charge on any atom is 0.325 e. The Hall–Kier alpha value is -2.57. The van der Waals surface area contributed by atoms with E-state index in [0.717, 1.165) is 42.9 Å². The number of amides is 4. The number of nitrogens with zero attached hydrogens (tertiary/aromatic N) is 2. The molecule has 29 heavy (non-hydrogen) atoms. The van der Waals surface area contributed by atoms with Gasteiger partial charge in [-0.3, -0.25) is 14.5 Å². The Morgan fingerprint density at radius 2 is 1.93 bits per heavy atom. The summed E-state index contributed by atoms with van der Waals surface area (Å²) in [6, 6.07) is 9.71. The van der Waals surface area contributed by atoms with Crippen molar-refractivity contribution in [2.75, 3.05) is 31.1 Å². The lowest BCUT2D eigenvalue weighted by Crippen LogP contribution is -2.50. The highest BCUT2D eigenvalue weighted by atomic mass is 16.2. The number of urea groups is 1. The summed E-state index contributed by atoms with van der Waals surface area (Å²) in [6.07, 6.45) is 3.94. The molecule has 1 heterocycles. The van der Waals surface area contributed by atoms with Crippen LogP contribution in [0, 0.1) is 5.92 Å². The molecule has 2 N–H and O–H groups in total. The first-order valence-corrected chi connectivity index (χ1v) is 10.7. The molecule has 7 heteroatoms. The van der Waals surface area contributed by atoms with Crippen LogP contribution in [-0.2, 0) is 9.59 Å². The molecule has 1 saturated heterocycles. The molecular formula is C22H32N4O3. The van der Waals surface area contributed by atoms with Crippen LogP contribution >= 0.6 is 0 Å². The van der Waals surface area contributed by atoms with Crippen molar-refractivity contribution in [1.82, 2.24) is 15.5 Å². The fourth-order valence-corrected chi connectivity index (χ4v) is 4.22. The average Bonchev–Trinajstić information content (AvgIpc) is 2.95. The third kappa shape index (κ3) is 4.89. The third-order valence-electron chi connectivity index (χ3n) is 6.11. The number of carbonyl (C=O) groups excluding carboxylic acids is 3. The summed E-state index contributed by atoms with van der Waals surface area (Å²) in [6.45, 7) is 6.28. The molecule has 1 spiro atoms. The lowest BCUT2D eigenvalue weighted by molar-refractivity contribution is -0.136. The van der Waals surface area contributed by atoms with Gasteiger partial charge in [-0.05, 0) is 57.1 Å². The van der Waals surface area contributed by atoms with E-state index in [1.54, 1.807) is 0 Å². The van der Waals surface area contributed by atoms with Gasteiger partial charge in [0.2, 0.25) is 5.91 Å². The largest absolute Gasteiger partial charge is 0.372 e. The molecule has 2 fully saturated rings. The van der Waals surface area contributed by atoms with Crippen LogP contribution in [0.3, 0.4) is 0 Å². The maximum atomic E-state index is 12.8. The first-order chi connectivity index (χ1) is 13.9. The van der Waals surface area contributed by atoms with Gasteiger partial charge in [0.05, 0.1) is 0 Å². The average molecular weight is 401 g/mol. The van der Waals surface area contributed by atoms with Crippen LogP contribution < -0.4 is 15.5 Å². The fraction of sp³-hybridized carbons (Fsp3) is 0.591. The van der Waals surface area contributed by atoms with Gasteiger partial charge in [0.1, 0.15) is 12.1 Å². The van der Waals surface area contributed by atoms with Gasteiger partial charge in [-0.2, -0.15) is 0 Å². The highest BCUT2D eigenvalue weighted by Gasteiger charge is 2.52. The number of hydrogen-bond donors (Lipinski definition) is 2. The Morgan fingerprint density at radius 3 is 2.59 bits per heavy atom. The fourth-order valence-electron chi connectivity index (χ4n) is 4.22. The zero-order chi connectivity index (χ0) is 20.9. The van der Waals surface area contributed by atoms with Crippen molar-refractivity contribution in [2.45, 2.75) is 51.5 Å². The first kappa shape index (κ1) is 21.1. The lowest BCUT2D eigenvalue weighted by Gasteiger charge is -2.33. The van der Waals surface area contributed by atoms with Crippen molar-refractivity contribution in [3.63, 3.8) is 0 Å². The van der Waals surface area contributed by atoms with Gasteiger partial charge < -0.3 is 15.5 Å². The number of para-hydroxylation sites is 1. The van der Waals surface area contributed by atoms with Crippen LogP contribution in [0.2, 0.25) is 0 Å². The minimum absolute atomic E-state index is 0.210. The normalized spacial score (nSPS) is 23.9. The van der Waals surface area contributed by atoms with Crippen molar-refractivity contribution in [1.29, 1.82) is 0 Å². The van der Waals surface area contributed by atoms with E-state index >= 15 is 0 Å². The van der Waals surface area contributed by atoms with Gasteiger partial charge >= 0.3 is 6.03 Å². The molecule has 1 aromatic rings. The van der Waals surface area contributed by atoms with Gasteiger partial charge in [0.25, 0.3) is 5.91 Å². The molecule has 1 aliphatic heterocycles. The molecule has 2 aliphatic rings. The minimum atomic E-state index is -0.790. The summed E-state index contributed by atoms with van der Waals surface area (Å²) >= 11 is 0. The van der Waals surface area contributed by atoms with Crippen LogP contribution in [0.5, 0.6) is 0 Å². The maximum absolute atomic E-state index is 12.8. The third-order valence-corrected chi connectivity index (χ3v) is 6.11. The number of hydrogen-bond acceptors (Lipinski definition) is 4. The number of imide groups is 1. The molecule has 158 valence electrons. The van der Waals surface area contributed by atoms with Gasteiger partial charge in [-0.25, -0.2) is 4.79 Å². The predicted molar refractivity (Wildman–Crippen MR) is 113 cm³/mol. The van der Waals surface area contributed by atoms with Crippen LogP contribution in [0.15, 0.2) is 30.3 Å². The van der Waals surface area contributed by atoms with Crippen LogP contribution in [0.1, 0.15) is 46.0 Å². The summed E-state index contributed by atoms with van der Waals surface area (Å²) < 4.78 is 0. The van der Waals surface area contributed by atoms with Crippen LogP contribution in [0.4, 0.5) is 10.5 Å². The second-order valence-corrected chi connectivity index (χ2v) is 8.20. The number of rotatable bonds is 8. The molecule has 0 bridgehead atoms. The van der Waals surface area contributed by atoms with Crippen molar-refractivity contribution >= 4 is 23.5 Å². The minimum Gasteiger partial charge on any atom is -0.372 e. The summed E-state index contributed by atoms with van der Waals surface area (Å²) in [5, 5.41) is 5.69. The number of anilines is 1. The van der Waals surface area contributed by atoms with E-state index < -0.39 is 11.6 Å². The molecule has 0 unspecified atom stereocenters. The summed E-state index contributed by atoms with van der Waals surface area (Å²) in [5.74, 6) is 0.0320. The quantitative estimate of drug-likeness (QED) is 0.519. The Balaban J connectivity index is 1.43. The molecule has 0 aromatic heterocycles. The van der Waals surface area contributed by atoms with E-state index in [1.807, 2.05) is 18.2 Å². The number of benzene rings is 1. The second-order valence-electron chi connectivity index (χ2n) is 8.20. The Labute approximate surface area is 172 Å². The first-order valence-electron chi connectivity index (χ1n) is 10.7. The van der Waals surface area contributed by atoms with Gasteiger partial charge in [0.15, 0.2) is 0 Å². The standard InChI is InChI=1S/C22H32N4O3/c1-3-25(18-8-5-4-6-9-18)15-7-14-23-19(27)16-26-20(28)22(24-21(26)29)12-10-17(2)11-13-22/h4-6,8-9,17H,3,7,10-16H2,1-2H3,(H,23,27)(H,24,29). The molecular weight excluding hydrogens is 368 g/mol. The van der Waals surface area contributed by atoms with Crippen LogP contribution in [0.25, 0.3) is 0 Å². The summed E-state index contributed by atoms with van der Waals surface area (Å²) in [4.78, 5) is 40.7. The summed E-state index contributed by atoms with van der Waals surface area (Å²) in [7, 11) is 0. The highest BCUT2D eigenvalue weighted by Crippen LogP contribution is 2.36. The molecule has 0 radical (unpaired) electrons. The van der Waals surface area contributed by atoms with Crippen molar-refractivity contribution in [2.24, 2.45) is 5.92 Å². The van der Waals surface area contributed by atoms with E-state index in [1.165, 1.54) is 0 Å². The zero-order valence-corrected chi connectivity index (χ0v) is 17.4. The lowest BCUT2D eigenvalue weighted by atomic mass is 9.77. The monoisotopic (exact) mass is 400 g/mol. The SMILES string of the molecule is CCN(CCCNC(=O)CN1C(=O)NC2(CCC(C)CC2)C1=O)c1ccccc1. The van der Waals surface area contributed by atoms with Crippen molar-refractivity contribution in [3.8, 4) is 0 Å². The molecule has 3 rings (SSSR count). The second kappa shape index (κ2) is 9.29. The molecule has 1 aromatic carbocycles. The molecule has 7 nitrogen and oxygen atoms in total. The van der Waals surface area contributed by atoms with Gasteiger partial charge in [-0.15, -0.1) is 0 Å². The summed E-state index contributed by atoms with van der Waals surface area (Å²) in [5.41, 5.74) is 0.369. The van der Waals surface area contributed by atoms with Gasteiger partial charge in [0, 0.05) is 25.3 Å². The Bertz CT molecular complexity index is 729. The van der Waals surface area contributed by atoms with E-state index in [2.05, 4.69) is 41.5 Å². The smallest absolute Gasteiger partial charge is 0.325 e.